The molecule has 0 fully saturated rings. The van der Waals surface area contributed by atoms with Gasteiger partial charge in [-0.1, -0.05) is 36.4 Å². The molecule has 0 unspecified atom stereocenters. The Morgan fingerprint density at radius 1 is 1.15 bits per heavy atom. The first-order valence-electron chi connectivity index (χ1n) is 8.27. The summed E-state index contributed by atoms with van der Waals surface area (Å²) in [5, 5.41) is 8.04. The fraction of sp³-hybridized carbons (Fsp3) is 0.0526. The number of carbonyl (C=O) groups is 1. The van der Waals surface area contributed by atoms with Gasteiger partial charge in [-0.15, -0.1) is 11.3 Å². The van der Waals surface area contributed by atoms with E-state index in [0.717, 1.165) is 22.6 Å². The number of imidazole rings is 1. The Morgan fingerprint density at radius 2 is 2.04 bits per heavy atom. The van der Waals surface area contributed by atoms with E-state index in [4.69, 9.17) is 0 Å². The van der Waals surface area contributed by atoms with Gasteiger partial charge < -0.3 is 5.32 Å². The molecule has 0 aliphatic rings. The minimum atomic E-state index is -0.303. The topological polar surface area (TPSA) is 84.7 Å². The van der Waals surface area contributed by atoms with Crippen LogP contribution in [0.4, 0.5) is 9.93 Å². The molecule has 3 heterocycles. The van der Waals surface area contributed by atoms with Crippen molar-refractivity contribution in [2.24, 2.45) is 0 Å². The summed E-state index contributed by atoms with van der Waals surface area (Å²) >= 11 is 1.39. The van der Waals surface area contributed by atoms with Gasteiger partial charge in [0, 0.05) is 36.1 Å². The molecule has 1 aromatic carbocycles. The summed E-state index contributed by atoms with van der Waals surface area (Å²) in [4.78, 5) is 24.9. The van der Waals surface area contributed by atoms with Crippen molar-refractivity contribution in [3.8, 4) is 17.1 Å². The first kappa shape index (κ1) is 16.9. The van der Waals surface area contributed by atoms with Crippen molar-refractivity contribution in [3.05, 3.63) is 78.3 Å². The Kier molecular flexibility index (Phi) is 4.88. The number of hydrogen-bond donors (Lipinski definition) is 2. The summed E-state index contributed by atoms with van der Waals surface area (Å²) in [6.07, 6.45) is 6.94. The van der Waals surface area contributed by atoms with Crippen molar-refractivity contribution >= 4 is 22.5 Å². The molecule has 2 N–H and O–H groups in total. The van der Waals surface area contributed by atoms with Gasteiger partial charge in [0.1, 0.15) is 12.1 Å². The fourth-order valence-corrected chi connectivity index (χ4v) is 3.18. The number of thiazole rings is 1. The van der Waals surface area contributed by atoms with Crippen LogP contribution in [0.5, 0.6) is 0 Å². The second-order valence-corrected chi connectivity index (χ2v) is 6.56. The monoisotopic (exact) mass is 376 g/mol. The molecule has 8 heteroatoms. The lowest BCUT2D eigenvalue weighted by molar-refractivity contribution is 0.251. The van der Waals surface area contributed by atoms with E-state index in [-0.39, 0.29) is 6.03 Å². The van der Waals surface area contributed by atoms with Crippen LogP contribution in [0.2, 0.25) is 0 Å². The molecule has 27 heavy (non-hydrogen) atoms. The Morgan fingerprint density at radius 3 is 2.78 bits per heavy atom. The van der Waals surface area contributed by atoms with Crippen molar-refractivity contribution in [2.75, 3.05) is 5.32 Å². The highest BCUT2D eigenvalue weighted by atomic mass is 32.1. The van der Waals surface area contributed by atoms with E-state index in [1.54, 1.807) is 18.7 Å². The highest BCUT2D eigenvalue weighted by Crippen LogP contribution is 2.24. The number of benzene rings is 1. The summed E-state index contributed by atoms with van der Waals surface area (Å²) in [6.45, 7) is 0.375. The maximum atomic E-state index is 12.1. The summed E-state index contributed by atoms with van der Waals surface area (Å²) in [5.41, 5.74) is 2.76. The maximum Gasteiger partial charge on any atom is 0.321 e. The molecular weight excluding hydrogens is 360 g/mol. The van der Waals surface area contributed by atoms with Gasteiger partial charge >= 0.3 is 6.03 Å². The van der Waals surface area contributed by atoms with Gasteiger partial charge in [0.25, 0.3) is 0 Å². The number of nitrogens with one attached hydrogen (secondary N) is 2. The van der Waals surface area contributed by atoms with Gasteiger partial charge in [0.2, 0.25) is 0 Å². The van der Waals surface area contributed by atoms with Gasteiger partial charge in [-0.3, -0.25) is 9.88 Å². The molecule has 0 aliphatic heterocycles. The lowest BCUT2D eigenvalue weighted by atomic mass is 10.2. The van der Waals surface area contributed by atoms with Crippen LogP contribution in [-0.2, 0) is 6.54 Å². The average Bonchev–Trinajstić information content (AvgIpc) is 3.40. The van der Waals surface area contributed by atoms with E-state index in [0.29, 0.717) is 11.7 Å². The molecule has 0 saturated heterocycles. The molecule has 3 aromatic heterocycles. The number of urea groups is 1. The molecule has 2 amide bonds. The first-order valence-corrected chi connectivity index (χ1v) is 9.15. The molecule has 0 saturated carbocycles. The SMILES string of the molecule is O=C(NCc1ccc(-n2ccnc2)nc1)Nc1nc(-c2ccccc2)cs1. The summed E-state index contributed by atoms with van der Waals surface area (Å²) in [5.74, 6) is 0.775. The van der Waals surface area contributed by atoms with Crippen molar-refractivity contribution in [1.29, 1.82) is 0 Å². The number of nitrogens with zero attached hydrogens (tertiary/aromatic N) is 4. The molecule has 134 valence electrons. The third kappa shape index (κ3) is 4.18. The quantitative estimate of drug-likeness (QED) is 0.556. The summed E-state index contributed by atoms with van der Waals surface area (Å²) in [6, 6.07) is 13.3. The number of rotatable bonds is 5. The zero-order chi connectivity index (χ0) is 18.5. The first-order chi connectivity index (χ1) is 13.3. The number of carbonyl (C=O) groups excluding carboxylic acids is 1. The normalized spacial score (nSPS) is 10.5. The zero-order valence-electron chi connectivity index (χ0n) is 14.2. The van der Waals surface area contributed by atoms with Crippen LogP contribution in [0, 0.1) is 0 Å². The molecule has 0 atom stereocenters. The number of pyridine rings is 1. The zero-order valence-corrected chi connectivity index (χ0v) is 15.1. The largest absolute Gasteiger partial charge is 0.334 e. The van der Waals surface area contributed by atoms with Crippen molar-refractivity contribution in [1.82, 2.24) is 24.8 Å². The van der Waals surface area contributed by atoms with Crippen LogP contribution in [-0.4, -0.2) is 25.6 Å². The Hall–Kier alpha value is -3.52. The third-order valence-corrected chi connectivity index (χ3v) is 4.58. The fourth-order valence-electron chi connectivity index (χ4n) is 2.46. The van der Waals surface area contributed by atoms with Crippen LogP contribution in [0.3, 0.4) is 0 Å². The molecule has 7 nitrogen and oxygen atoms in total. The Labute approximate surface area is 159 Å². The maximum absolute atomic E-state index is 12.1. The highest BCUT2D eigenvalue weighted by Gasteiger charge is 2.08. The van der Waals surface area contributed by atoms with E-state index >= 15 is 0 Å². The second kappa shape index (κ2) is 7.79. The molecule has 0 bridgehead atoms. The molecule has 4 rings (SSSR count). The van der Waals surface area contributed by atoms with E-state index in [1.165, 1.54) is 11.3 Å². The lowest BCUT2D eigenvalue weighted by Gasteiger charge is -2.06. The third-order valence-electron chi connectivity index (χ3n) is 3.83. The van der Waals surface area contributed by atoms with E-state index in [2.05, 4.69) is 25.6 Å². The Bertz CT molecular complexity index is 1010. The molecular formula is C19H16N6OS. The number of anilines is 1. The minimum absolute atomic E-state index is 0.303. The van der Waals surface area contributed by atoms with Crippen molar-refractivity contribution < 1.29 is 4.79 Å². The van der Waals surface area contributed by atoms with Crippen molar-refractivity contribution in [2.45, 2.75) is 6.54 Å². The van der Waals surface area contributed by atoms with Gasteiger partial charge in [0.05, 0.1) is 5.69 Å². The van der Waals surface area contributed by atoms with E-state index in [1.807, 2.05) is 58.6 Å². The Balaban J connectivity index is 1.32. The van der Waals surface area contributed by atoms with Gasteiger partial charge in [-0.05, 0) is 11.6 Å². The highest BCUT2D eigenvalue weighted by molar-refractivity contribution is 7.14. The van der Waals surface area contributed by atoms with Crippen LogP contribution < -0.4 is 10.6 Å². The van der Waals surface area contributed by atoms with Crippen LogP contribution in [0.15, 0.2) is 72.8 Å². The van der Waals surface area contributed by atoms with Gasteiger partial charge in [-0.25, -0.2) is 19.7 Å². The van der Waals surface area contributed by atoms with Gasteiger partial charge in [0.15, 0.2) is 5.13 Å². The lowest BCUT2D eigenvalue weighted by Crippen LogP contribution is -2.28. The van der Waals surface area contributed by atoms with E-state index in [9.17, 15) is 4.79 Å². The number of aromatic nitrogens is 4. The van der Waals surface area contributed by atoms with Gasteiger partial charge in [-0.2, -0.15) is 0 Å². The average molecular weight is 376 g/mol. The van der Waals surface area contributed by atoms with E-state index < -0.39 is 0 Å². The standard InChI is InChI=1S/C19H16N6OS/c26-18(24-19-23-16(12-27-19)15-4-2-1-3-5-15)22-11-14-6-7-17(21-10-14)25-9-8-20-13-25/h1-10,12-13H,11H2,(H2,22,23,24,26). The van der Waals surface area contributed by atoms with Crippen molar-refractivity contribution in [3.63, 3.8) is 0 Å². The molecule has 0 spiro atoms. The number of amides is 2. The molecule has 4 aromatic rings. The van der Waals surface area contributed by atoms with Crippen LogP contribution in [0.25, 0.3) is 17.1 Å². The smallest absolute Gasteiger partial charge is 0.321 e. The minimum Gasteiger partial charge on any atom is -0.334 e. The summed E-state index contributed by atoms with van der Waals surface area (Å²) < 4.78 is 1.82. The van der Waals surface area contributed by atoms with Crippen LogP contribution in [0.1, 0.15) is 5.56 Å². The molecule has 0 aliphatic carbocycles. The predicted octanol–water partition coefficient (Wildman–Crippen LogP) is 3.71. The predicted molar refractivity (Wildman–Crippen MR) is 105 cm³/mol. The van der Waals surface area contributed by atoms with Crippen LogP contribution >= 0.6 is 11.3 Å². The second-order valence-electron chi connectivity index (χ2n) is 5.71. The molecule has 0 radical (unpaired) electrons. The number of hydrogen-bond acceptors (Lipinski definition) is 5. The summed E-state index contributed by atoms with van der Waals surface area (Å²) in [7, 11) is 0.